The average Bonchev–Trinajstić information content (AvgIpc) is 2.72. The van der Waals surface area contributed by atoms with Crippen LogP contribution in [-0.4, -0.2) is 34.3 Å². The highest BCUT2D eigenvalue weighted by atomic mass is 15.3. The van der Waals surface area contributed by atoms with Gasteiger partial charge in [-0.2, -0.15) is 5.10 Å². The second kappa shape index (κ2) is 5.86. The normalized spacial score (nSPS) is 20.3. The molecule has 1 aromatic rings. The van der Waals surface area contributed by atoms with E-state index in [1.54, 1.807) is 0 Å². The molecule has 2 heterocycles. The molecule has 1 aromatic heterocycles. The topological polar surface area (TPSA) is 47.1 Å². The molecule has 0 radical (unpaired) electrons. The number of hydrogen-bond donors (Lipinski definition) is 1. The fourth-order valence-corrected chi connectivity index (χ4v) is 3.39. The predicted molar refractivity (Wildman–Crippen MR) is 83.5 cm³/mol. The summed E-state index contributed by atoms with van der Waals surface area (Å²) in [5, 5.41) is 4.37. The highest BCUT2D eigenvalue weighted by molar-refractivity contribution is 5.21. The van der Waals surface area contributed by atoms with Crippen LogP contribution in [-0.2, 0) is 7.05 Å². The molecule has 4 nitrogen and oxygen atoms in total. The predicted octanol–water partition coefficient (Wildman–Crippen LogP) is 2.49. The second-order valence-electron chi connectivity index (χ2n) is 7.24. The minimum atomic E-state index is 0.324. The van der Waals surface area contributed by atoms with E-state index in [4.69, 9.17) is 5.73 Å². The van der Waals surface area contributed by atoms with Crippen LogP contribution in [0, 0.1) is 18.3 Å². The Labute approximate surface area is 123 Å². The zero-order valence-electron chi connectivity index (χ0n) is 13.7. The van der Waals surface area contributed by atoms with Crippen LogP contribution in [0.3, 0.4) is 0 Å². The average molecular weight is 278 g/mol. The zero-order valence-corrected chi connectivity index (χ0v) is 13.7. The first-order valence-electron chi connectivity index (χ1n) is 7.77. The van der Waals surface area contributed by atoms with Crippen molar-refractivity contribution in [1.82, 2.24) is 14.7 Å². The molecule has 1 fully saturated rings. The molecule has 1 aliphatic rings. The summed E-state index contributed by atoms with van der Waals surface area (Å²) in [4.78, 5) is 2.55. The summed E-state index contributed by atoms with van der Waals surface area (Å²) < 4.78 is 1.94. The van der Waals surface area contributed by atoms with Gasteiger partial charge in [-0.25, -0.2) is 0 Å². The van der Waals surface area contributed by atoms with Crippen molar-refractivity contribution in [1.29, 1.82) is 0 Å². The smallest absolute Gasteiger partial charge is 0.0540 e. The quantitative estimate of drug-likeness (QED) is 0.924. The third-order valence-electron chi connectivity index (χ3n) is 5.05. The summed E-state index contributed by atoms with van der Waals surface area (Å²) in [6, 6.07) is 0.324. The van der Waals surface area contributed by atoms with E-state index in [1.807, 2.05) is 17.9 Å². The summed E-state index contributed by atoms with van der Waals surface area (Å²) in [5.41, 5.74) is 9.01. The molecule has 0 amide bonds. The van der Waals surface area contributed by atoms with Crippen LogP contribution in [0.5, 0.6) is 0 Å². The van der Waals surface area contributed by atoms with Crippen LogP contribution in [0.1, 0.15) is 50.9 Å². The van der Waals surface area contributed by atoms with E-state index in [9.17, 15) is 0 Å². The van der Waals surface area contributed by atoms with Gasteiger partial charge in [0.25, 0.3) is 0 Å². The number of likely N-dealkylation sites (tertiary alicyclic amines) is 1. The Bertz CT molecular complexity index is 436. The van der Waals surface area contributed by atoms with Crippen molar-refractivity contribution >= 4 is 0 Å². The Morgan fingerprint density at radius 1 is 1.35 bits per heavy atom. The molecule has 0 saturated carbocycles. The lowest BCUT2D eigenvalue weighted by atomic mass is 9.75. The molecule has 2 N–H and O–H groups in total. The lowest BCUT2D eigenvalue weighted by Crippen LogP contribution is -2.42. The van der Waals surface area contributed by atoms with Gasteiger partial charge >= 0.3 is 0 Å². The van der Waals surface area contributed by atoms with Crippen LogP contribution in [0.4, 0.5) is 0 Å². The van der Waals surface area contributed by atoms with Crippen molar-refractivity contribution in [2.24, 2.45) is 24.1 Å². The third-order valence-corrected chi connectivity index (χ3v) is 5.05. The summed E-state index contributed by atoms with van der Waals surface area (Å²) in [6.07, 6.45) is 4.54. The van der Waals surface area contributed by atoms with E-state index in [1.165, 1.54) is 24.1 Å². The molecule has 1 unspecified atom stereocenters. The maximum atomic E-state index is 6.06. The molecule has 1 aliphatic heterocycles. The van der Waals surface area contributed by atoms with Crippen molar-refractivity contribution in [2.75, 3.05) is 19.6 Å². The number of aromatic nitrogens is 2. The van der Waals surface area contributed by atoms with Gasteiger partial charge in [0, 0.05) is 24.8 Å². The van der Waals surface area contributed by atoms with Crippen molar-refractivity contribution in [3.05, 3.63) is 17.5 Å². The van der Waals surface area contributed by atoms with E-state index >= 15 is 0 Å². The summed E-state index contributed by atoms with van der Waals surface area (Å²) in [6.45, 7) is 12.2. The van der Waals surface area contributed by atoms with Crippen LogP contribution in [0.2, 0.25) is 0 Å². The Morgan fingerprint density at radius 3 is 2.35 bits per heavy atom. The maximum Gasteiger partial charge on any atom is 0.0540 e. The van der Waals surface area contributed by atoms with E-state index in [0.717, 1.165) is 19.0 Å². The molecule has 20 heavy (non-hydrogen) atoms. The van der Waals surface area contributed by atoms with Crippen molar-refractivity contribution in [3.63, 3.8) is 0 Å². The second-order valence-corrected chi connectivity index (χ2v) is 7.24. The highest BCUT2D eigenvalue weighted by Gasteiger charge is 2.32. The molecular weight excluding hydrogens is 248 g/mol. The standard InChI is InChI=1S/C16H30N4/c1-12-14(11-18-19(12)5)15(10-17)20-8-6-13(7-9-20)16(2,3)4/h11,13,15H,6-10,17H2,1-5H3. The van der Waals surface area contributed by atoms with Gasteiger partial charge in [-0.15, -0.1) is 0 Å². The maximum absolute atomic E-state index is 6.06. The summed E-state index contributed by atoms with van der Waals surface area (Å²) in [7, 11) is 2.00. The van der Waals surface area contributed by atoms with Crippen LogP contribution < -0.4 is 5.73 Å². The van der Waals surface area contributed by atoms with Crippen LogP contribution >= 0.6 is 0 Å². The Balaban J connectivity index is 2.06. The molecule has 4 heteroatoms. The van der Waals surface area contributed by atoms with E-state index in [-0.39, 0.29) is 0 Å². The molecule has 1 atom stereocenters. The zero-order chi connectivity index (χ0) is 14.9. The fraction of sp³-hybridized carbons (Fsp3) is 0.812. The number of rotatable bonds is 3. The number of aryl methyl sites for hydroxylation is 1. The number of nitrogens with zero attached hydrogens (tertiary/aromatic N) is 3. The Morgan fingerprint density at radius 2 is 1.95 bits per heavy atom. The first-order chi connectivity index (χ1) is 9.34. The number of nitrogens with two attached hydrogens (primary N) is 1. The summed E-state index contributed by atoms with van der Waals surface area (Å²) in [5.74, 6) is 0.826. The first kappa shape index (κ1) is 15.5. The molecule has 0 aliphatic carbocycles. The van der Waals surface area contributed by atoms with E-state index in [0.29, 0.717) is 18.0 Å². The minimum absolute atomic E-state index is 0.324. The SMILES string of the molecule is Cc1c(C(CN)N2CCC(C(C)(C)C)CC2)cnn1C. The molecule has 1 saturated heterocycles. The van der Waals surface area contributed by atoms with Gasteiger partial charge in [0.2, 0.25) is 0 Å². The van der Waals surface area contributed by atoms with Gasteiger partial charge in [-0.05, 0) is 44.2 Å². The highest BCUT2D eigenvalue weighted by Crippen LogP contribution is 2.36. The largest absolute Gasteiger partial charge is 0.329 e. The minimum Gasteiger partial charge on any atom is -0.329 e. The van der Waals surface area contributed by atoms with Crippen LogP contribution in [0.15, 0.2) is 6.20 Å². The lowest BCUT2D eigenvalue weighted by molar-refractivity contribution is 0.0844. The molecule has 0 aromatic carbocycles. The lowest BCUT2D eigenvalue weighted by Gasteiger charge is -2.41. The summed E-state index contributed by atoms with van der Waals surface area (Å²) >= 11 is 0. The van der Waals surface area contributed by atoms with Crippen molar-refractivity contribution in [2.45, 2.75) is 46.6 Å². The first-order valence-corrected chi connectivity index (χ1v) is 7.77. The van der Waals surface area contributed by atoms with Gasteiger partial charge in [-0.3, -0.25) is 9.58 Å². The molecule has 0 bridgehead atoms. The van der Waals surface area contributed by atoms with Crippen molar-refractivity contribution in [3.8, 4) is 0 Å². The van der Waals surface area contributed by atoms with Gasteiger partial charge in [0.1, 0.15) is 0 Å². The van der Waals surface area contributed by atoms with Gasteiger partial charge < -0.3 is 5.73 Å². The molecule has 0 spiro atoms. The molecule has 2 rings (SSSR count). The van der Waals surface area contributed by atoms with Gasteiger partial charge in [0.15, 0.2) is 0 Å². The Hall–Kier alpha value is -0.870. The van der Waals surface area contributed by atoms with Crippen molar-refractivity contribution < 1.29 is 0 Å². The van der Waals surface area contributed by atoms with E-state index < -0.39 is 0 Å². The monoisotopic (exact) mass is 278 g/mol. The van der Waals surface area contributed by atoms with Crippen LogP contribution in [0.25, 0.3) is 0 Å². The fourth-order valence-electron chi connectivity index (χ4n) is 3.39. The Kier molecular flexibility index (Phi) is 4.55. The number of piperidine rings is 1. The van der Waals surface area contributed by atoms with Gasteiger partial charge in [-0.1, -0.05) is 20.8 Å². The van der Waals surface area contributed by atoms with Gasteiger partial charge in [0.05, 0.1) is 12.2 Å². The van der Waals surface area contributed by atoms with E-state index in [2.05, 4.69) is 37.7 Å². The number of hydrogen-bond acceptors (Lipinski definition) is 3. The molecule has 114 valence electrons. The third kappa shape index (κ3) is 3.07. The molecular formula is C16H30N4.